The van der Waals surface area contributed by atoms with Gasteiger partial charge in [0.15, 0.2) is 0 Å². The van der Waals surface area contributed by atoms with Crippen molar-refractivity contribution in [2.75, 3.05) is 0 Å². The highest BCUT2D eigenvalue weighted by atomic mass is 79.9. The zero-order valence-corrected chi connectivity index (χ0v) is 9.09. The van der Waals surface area contributed by atoms with Crippen molar-refractivity contribution in [1.82, 2.24) is 15.2 Å². The summed E-state index contributed by atoms with van der Waals surface area (Å²) in [7, 11) is 0. The van der Waals surface area contributed by atoms with Gasteiger partial charge in [0.2, 0.25) is 0 Å². The summed E-state index contributed by atoms with van der Waals surface area (Å²) in [5.74, 6) is 0.493. The highest BCUT2D eigenvalue weighted by Gasteiger charge is 2.06. The molecule has 0 fully saturated rings. The first-order valence-corrected chi connectivity index (χ1v) is 4.97. The third kappa shape index (κ3) is 1.46. The largest absolute Gasteiger partial charge is 0.269 e. The predicted octanol–water partition coefficient (Wildman–Crippen LogP) is 2.84. The average molecular weight is 240 g/mol. The van der Waals surface area contributed by atoms with E-state index in [1.54, 1.807) is 0 Å². The average Bonchev–Trinajstić information content (AvgIpc) is 2.47. The Morgan fingerprint density at radius 1 is 1.46 bits per heavy atom. The first kappa shape index (κ1) is 8.69. The molecule has 0 unspecified atom stereocenters. The van der Waals surface area contributed by atoms with Gasteiger partial charge in [-0.1, -0.05) is 13.8 Å². The Labute approximate surface area is 84.7 Å². The third-order valence-electron chi connectivity index (χ3n) is 2.04. The van der Waals surface area contributed by atoms with Crippen molar-refractivity contribution < 1.29 is 0 Å². The quantitative estimate of drug-likeness (QED) is 0.832. The lowest BCUT2D eigenvalue weighted by Crippen LogP contribution is -1.88. The zero-order chi connectivity index (χ0) is 9.42. The van der Waals surface area contributed by atoms with Crippen LogP contribution in [0.2, 0.25) is 0 Å². The fourth-order valence-electron chi connectivity index (χ4n) is 1.20. The van der Waals surface area contributed by atoms with E-state index in [1.807, 2.05) is 6.20 Å². The molecule has 4 heteroatoms. The van der Waals surface area contributed by atoms with Gasteiger partial charge in [-0.05, 0) is 33.5 Å². The van der Waals surface area contributed by atoms with E-state index in [0.717, 1.165) is 15.6 Å². The Hall–Kier alpha value is -0.900. The molecular weight excluding hydrogens is 230 g/mol. The number of rotatable bonds is 1. The molecule has 68 valence electrons. The topological polar surface area (TPSA) is 41.6 Å². The highest BCUT2D eigenvalue weighted by Crippen LogP contribution is 2.22. The molecule has 3 nitrogen and oxygen atoms in total. The lowest BCUT2D eigenvalue weighted by Gasteiger charge is -2.02. The van der Waals surface area contributed by atoms with Gasteiger partial charge in [0.25, 0.3) is 0 Å². The fraction of sp³-hybridized carbons (Fsp3) is 0.333. The first-order valence-electron chi connectivity index (χ1n) is 4.18. The van der Waals surface area contributed by atoms with Gasteiger partial charge in [-0.25, -0.2) is 0 Å². The maximum atomic E-state index is 4.32. The smallest absolute Gasteiger partial charge is 0.127 e. The summed E-state index contributed by atoms with van der Waals surface area (Å²) in [4.78, 5) is 4.32. The number of hydrogen-bond donors (Lipinski definition) is 1. The van der Waals surface area contributed by atoms with Gasteiger partial charge in [-0.2, -0.15) is 5.10 Å². The monoisotopic (exact) mass is 239 g/mol. The van der Waals surface area contributed by atoms with Crippen molar-refractivity contribution in [3.63, 3.8) is 0 Å². The predicted molar refractivity (Wildman–Crippen MR) is 55.7 cm³/mol. The van der Waals surface area contributed by atoms with Gasteiger partial charge in [0, 0.05) is 6.20 Å². The van der Waals surface area contributed by atoms with Crippen LogP contribution in [0.3, 0.4) is 0 Å². The molecule has 0 radical (unpaired) electrons. The van der Waals surface area contributed by atoms with Crippen LogP contribution in [0.1, 0.15) is 25.3 Å². The van der Waals surface area contributed by atoms with Gasteiger partial charge < -0.3 is 0 Å². The number of aromatic nitrogens is 3. The first-order chi connectivity index (χ1) is 6.18. The van der Waals surface area contributed by atoms with Gasteiger partial charge in [0.1, 0.15) is 15.6 Å². The van der Waals surface area contributed by atoms with Gasteiger partial charge in [-0.15, -0.1) is 0 Å². The van der Waals surface area contributed by atoms with Crippen molar-refractivity contribution in [2.24, 2.45) is 0 Å². The molecule has 0 saturated heterocycles. The molecule has 0 saturated carbocycles. The molecule has 1 N–H and O–H groups in total. The van der Waals surface area contributed by atoms with Crippen LogP contribution in [0, 0.1) is 0 Å². The van der Waals surface area contributed by atoms with Crippen molar-refractivity contribution in [3.8, 4) is 0 Å². The third-order valence-corrected chi connectivity index (χ3v) is 2.59. The number of halogens is 1. The number of hydrogen-bond acceptors (Lipinski definition) is 2. The van der Waals surface area contributed by atoms with E-state index in [0.29, 0.717) is 5.92 Å². The van der Waals surface area contributed by atoms with Gasteiger partial charge in [-0.3, -0.25) is 10.1 Å². The van der Waals surface area contributed by atoms with E-state index < -0.39 is 0 Å². The minimum Gasteiger partial charge on any atom is -0.269 e. The summed E-state index contributed by atoms with van der Waals surface area (Å²) in [5, 5.41) is 6.97. The van der Waals surface area contributed by atoms with Crippen LogP contribution < -0.4 is 0 Å². The molecule has 2 aromatic rings. The van der Waals surface area contributed by atoms with E-state index in [4.69, 9.17) is 0 Å². The summed E-state index contributed by atoms with van der Waals surface area (Å²) < 4.78 is 0.845. The maximum absolute atomic E-state index is 4.32. The molecule has 0 aliphatic rings. The minimum absolute atomic E-state index is 0.493. The van der Waals surface area contributed by atoms with Crippen LogP contribution in [0.5, 0.6) is 0 Å². The molecule has 0 atom stereocenters. The number of H-pyrrole nitrogens is 1. The second-order valence-corrected chi connectivity index (χ2v) is 4.12. The van der Waals surface area contributed by atoms with Crippen LogP contribution in [0.4, 0.5) is 0 Å². The van der Waals surface area contributed by atoms with Crippen molar-refractivity contribution in [1.29, 1.82) is 0 Å². The number of nitrogens with zero attached hydrogens (tertiary/aromatic N) is 2. The molecule has 0 bridgehead atoms. The van der Waals surface area contributed by atoms with Gasteiger partial charge in [0.05, 0.1) is 0 Å². The second-order valence-electron chi connectivity index (χ2n) is 3.33. The normalized spacial score (nSPS) is 11.4. The molecule has 2 heterocycles. The molecule has 2 rings (SSSR count). The Bertz CT molecular complexity index is 433. The fourth-order valence-corrected chi connectivity index (χ4v) is 1.60. The summed E-state index contributed by atoms with van der Waals surface area (Å²) in [6.45, 7) is 4.29. The molecule has 0 spiro atoms. The molecule has 0 amide bonds. The molecule has 0 aliphatic heterocycles. The Morgan fingerprint density at radius 3 is 2.92 bits per heavy atom. The Morgan fingerprint density at radius 2 is 2.23 bits per heavy atom. The molecule has 0 aliphatic carbocycles. The number of nitrogens with one attached hydrogen (secondary N) is 1. The van der Waals surface area contributed by atoms with E-state index in [2.05, 4.69) is 51.0 Å². The molecular formula is C9H10BrN3. The maximum Gasteiger partial charge on any atom is 0.127 e. The van der Waals surface area contributed by atoms with Crippen molar-refractivity contribution >= 4 is 27.0 Å². The standard InChI is InChI=1S/C9H10BrN3/c1-5(2)6-3-7-8(11-4-6)9(10)13-12-7/h3-5H,1-2H3,(H,12,13). The van der Waals surface area contributed by atoms with E-state index in [1.165, 1.54) is 5.56 Å². The van der Waals surface area contributed by atoms with Crippen LogP contribution in [0.15, 0.2) is 16.9 Å². The van der Waals surface area contributed by atoms with Crippen LogP contribution in [-0.4, -0.2) is 15.2 Å². The number of aromatic amines is 1. The second kappa shape index (κ2) is 3.10. The highest BCUT2D eigenvalue weighted by molar-refractivity contribution is 9.10. The summed E-state index contributed by atoms with van der Waals surface area (Å²) >= 11 is 3.35. The lowest BCUT2D eigenvalue weighted by molar-refractivity contribution is 0.861. The van der Waals surface area contributed by atoms with E-state index >= 15 is 0 Å². The van der Waals surface area contributed by atoms with E-state index in [-0.39, 0.29) is 0 Å². The van der Waals surface area contributed by atoms with Crippen LogP contribution >= 0.6 is 15.9 Å². The SMILES string of the molecule is CC(C)c1cnc2c(Br)[nH]nc2c1. The minimum atomic E-state index is 0.493. The lowest BCUT2D eigenvalue weighted by atomic mass is 10.1. The van der Waals surface area contributed by atoms with Crippen molar-refractivity contribution in [2.45, 2.75) is 19.8 Å². The molecule has 2 aromatic heterocycles. The van der Waals surface area contributed by atoms with Crippen LogP contribution in [0.25, 0.3) is 11.0 Å². The summed E-state index contributed by atoms with van der Waals surface area (Å²) in [6.07, 6.45) is 1.90. The van der Waals surface area contributed by atoms with E-state index in [9.17, 15) is 0 Å². The molecule has 0 aromatic carbocycles. The van der Waals surface area contributed by atoms with Crippen molar-refractivity contribution in [3.05, 3.63) is 22.4 Å². The summed E-state index contributed by atoms with van der Waals surface area (Å²) in [6, 6.07) is 2.06. The molecule has 13 heavy (non-hydrogen) atoms. The Balaban J connectivity index is 2.63. The van der Waals surface area contributed by atoms with Gasteiger partial charge >= 0.3 is 0 Å². The Kier molecular flexibility index (Phi) is 2.07. The number of pyridine rings is 1. The summed E-state index contributed by atoms with van der Waals surface area (Å²) in [5.41, 5.74) is 3.02. The number of fused-ring (bicyclic) bond motifs is 1. The van der Waals surface area contributed by atoms with Crippen LogP contribution in [-0.2, 0) is 0 Å². The zero-order valence-electron chi connectivity index (χ0n) is 7.50.